The van der Waals surface area contributed by atoms with Gasteiger partial charge in [-0.1, -0.05) is 44.7 Å². The Hall–Kier alpha value is -3.38. The van der Waals surface area contributed by atoms with Gasteiger partial charge in [-0.3, -0.25) is 0 Å². The lowest BCUT2D eigenvalue weighted by atomic mass is 9.78. The predicted molar refractivity (Wildman–Crippen MR) is 137 cm³/mol. The minimum absolute atomic E-state index is 0.109. The fraction of sp³-hybridized carbons (Fsp3) is 0.357. The van der Waals surface area contributed by atoms with Gasteiger partial charge in [0.25, 0.3) is 0 Å². The molecule has 1 aliphatic heterocycles. The highest BCUT2D eigenvalue weighted by atomic mass is 16.5. The van der Waals surface area contributed by atoms with Gasteiger partial charge in [-0.15, -0.1) is 0 Å². The van der Waals surface area contributed by atoms with Crippen LogP contribution < -0.4 is 15.0 Å². The number of benzene rings is 2. The van der Waals surface area contributed by atoms with E-state index in [1.54, 1.807) is 6.20 Å². The second kappa shape index (κ2) is 10.7. The van der Waals surface area contributed by atoms with E-state index in [1.165, 1.54) is 16.8 Å². The van der Waals surface area contributed by atoms with Gasteiger partial charge in [0.2, 0.25) is 0 Å². The molecule has 6 heteroatoms. The van der Waals surface area contributed by atoms with Crippen LogP contribution in [0.4, 0.5) is 5.69 Å². The number of hydrogen-bond acceptors (Lipinski definition) is 6. The molecule has 1 saturated heterocycles. The Morgan fingerprint density at radius 3 is 2.29 bits per heavy atom. The minimum Gasteiger partial charge on any atom is -0.491 e. The van der Waals surface area contributed by atoms with Crippen molar-refractivity contribution < 1.29 is 9.47 Å². The Balaban J connectivity index is 1.39. The highest BCUT2D eigenvalue weighted by Crippen LogP contribution is 2.33. The summed E-state index contributed by atoms with van der Waals surface area (Å²) in [6, 6.07) is 19.2. The molecular formula is C28H34N4O2. The zero-order valence-corrected chi connectivity index (χ0v) is 20.4. The number of piperazine rings is 1. The summed E-state index contributed by atoms with van der Waals surface area (Å²) in [4.78, 5) is 11.1. The smallest absolute Gasteiger partial charge is 0.194 e. The Kier molecular flexibility index (Phi) is 7.48. The van der Waals surface area contributed by atoms with Crippen LogP contribution in [0, 0.1) is 0 Å². The molecule has 0 unspecified atom stereocenters. The van der Waals surface area contributed by atoms with Gasteiger partial charge in [-0.25, -0.2) is 9.97 Å². The van der Waals surface area contributed by atoms with Crippen molar-refractivity contribution in [2.75, 3.05) is 37.7 Å². The van der Waals surface area contributed by atoms with Gasteiger partial charge in [0.1, 0.15) is 12.4 Å². The van der Waals surface area contributed by atoms with E-state index in [2.05, 4.69) is 77.0 Å². The lowest BCUT2D eigenvalue weighted by molar-refractivity contribution is 0.291. The first-order chi connectivity index (χ1) is 16.5. The summed E-state index contributed by atoms with van der Waals surface area (Å²) in [6.45, 7) is 15.4. The van der Waals surface area contributed by atoms with Crippen LogP contribution in [0.15, 0.2) is 67.4 Å². The lowest BCUT2D eigenvalue weighted by Gasteiger charge is -2.31. The van der Waals surface area contributed by atoms with Crippen LogP contribution in [0.2, 0.25) is 0 Å². The third-order valence-electron chi connectivity index (χ3n) is 6.32. The fourth-order valence-corrected chi connectivity index (χ4v) is 4.15. The van der Waals surface area contributed by atoms with Crippen molar-refractivity contribution >= 4 is 11.4 Å². The van der Waals surface area contributed by atoms with Crippen LogP contribution in [-0.2, 0) is 16.8 Å². The molecule has 0 spiro atoms. The highest BCUT2D eigenvalue weighted by molar-refractivity contribution is 5.51. The summed E-state index contributed by atoms with van der Waals surface area (Å²) in [6.07, 6.45) is 1.70. The first-order valence-corrected chi connectivity index (χ1v) is 11.9. The van der Waals surface area contributed by atoms with E-state index < -0.39 is 0 Å². The normalized spacial score (nSPS) is 14.0. The second-order valence-corrected chi connectivity index (χ2v) is 8.95. The molecule has 34 heavy (non-hydrogen) atoms. The topological polar surface area (TPSA) is 59.5 Å². The molecule has 0 bridgehead atoms. The number of hydrogen-bond donors (Lipinski definition) is 1. The van der Waals surface area contributed by atoms with Gasteiger partial charge < -0.3 is 19.7 Å². The van der Waals surface area contributed by atoms with Crippen molar-refractivity contribution in [3.63, 3.8) is 0 Å². The highest BCUT2D eigenvalue weighted by Gasteiger charge is 2.23. The molecule has 0 saturated carbocycles. The van der Waals surface area contributed by atoms with E-state index in [1.807, 2.05) is 25.1 Å². The number of nitrogens with zero attached hydrogens (tertiary/aromatic N) is 3. The van der Waals surface area contributed by atoms with Crippen LogP contribution in [0.25, 0.3) is 5.76 Å². The fourth-order valence-electron chi connectivity index (χ4n) is 4.15. The average molecular weight is 459 g/mol. The van der Waals surface area contributed by atoms with Crippen LogP contribution in [0.1, 0.15) is 43.4 Å². The Morgan fingerprint density at radius 1 is 1.00 bits per heavy atom. The zero-order chi connectivity index (χ0) is 24.0. The summed E-state index contributed by atoms with van der Waals surface area (Å²) >= 11 is 0. The van der Waals surface area contributed by atoms with Crippen molar-refractivity contribution in [1.82, 2.24) is 15.3 Å². The van der Waals surface area contributed by atoms with E-state index in [4.69, 9.17) is 9.47 Å². The number of anilines is 1. The van der Waals surface area contributed by atoms with Crippen molar-refractivity contribution in [1.29, 1.82) is 0 Å². The molecule has 178 valence electrons. The molecule has 1 aromatic heterocycles. The van der Waals surface area contributed by atoms with Gasteiger partial charge in [0.15, 0.2) is 11.6 Å². The summed E-state index contributed by atoms with van der Waals surface area (Å²) in [5.74, 6) is 1.76. The van der Waals surface area contributed by atoms with Crippen LogP contribution in [-0.4, -0.2) is 42.8 Å². The van der Waals surface area contributed by atoms with E-state index >= 15 is 0 Å². The Morgan fingerprint density at radius 2 is 1.65 bits per heavy atom. The molecule has 1 aliphatic rings. The van der Waals surface area contributed by atoms with E-state index in [-0.39, 0.29) is 5.41 Å². The van der Waals surface area contributed by atoms with Crippen molar-refractivity contribution in [2.24, 2.45) is 0 Å². The van der Waals surface area contributed by atoms with E-state index in [9.17, 15) is 0 Å². The molecule has 1 fully saturated rings. The van der Waals surface area contributed by atoms with Gasteiger partial charge >= 0.3 is 0 Å². The first-order valence-electron chi connectivity index (χ1n) is 11.9. The summed E-state index contributed by atoms with van der Waals surface area (Å²) in [7, 11) is 0. The van der Waals surface area contributed by atoms with Crippen molar-refractivity contribution in [3.8, 4) is 5.75 Å². The van der Waals surface area contributed by atoms with Gasteiger partial charge in [0, 0.05) is 43.5 Å². The van der Waals surface area contributed by atoms with Crippen molar-refractivity contribution in [2.45, 2.75) is 32.8 Å². The quantitative estimate of drug-likeness (QED) is 0.465. The van der Waals surface area contributed by atoms with Gasteiger partial charge in [-0.05, 0) is 48.4 Å². The maximum absolute atomic E-state index is 5.97. The van der Waals surface area contributed by atoms with E-state index in [0.717, 1.165) is 37.6 Å². The average Bonchev–Trinajstić information content (AvgIpc) is 2.88. The second-order valence-electron chi connectivity index (χ2n) is 8.95. The van der Waals surface area contributed by atoms with E-state index in [0.29, 0.717) is 24.8 Å². The summed E-state index contributed by atoms with van der Waals surface area (Å²) < 4.78 is 11.4. The molecular weight excluding hydrogens is 424 g/mol. The maximum Gasteiger partial charge on any atom is 0.194 e. The molecule has 0 aliphatic carbocycles. The molecule has 1 N–H and O–H groups in total. The van der Waals surface area contributed by atoms with Gasteiger partial charge in [-0.2, -0.15) is 0 Å². The van der Waals surface area contributed by atoms with Crippen LogP contribution in [0.5, 0.6) is 5.75 Å². The molecule has 4 rings (SSSR count). The maximum atomic E-state index is 5.97. The molecule has 0 radical (unpaired) electrons. The number of ether oxygens (including phenoxy) is 2. The molecule has 2 aromatic carbocycles. The van der Waals surface area contributed by atoms with Gasteiger partial charge in [0.05, 0.1) is 12.3 Å². The SMILES string of the molecule is C=C(OCC)c1nccc(COc2ccc(C(C)(C)c3ccc(N4CCNCC4)cc3)cc2)n1. The monoisotopic (exact) mass is 458 g/mol. The zero-order valence-electron chi connectivity index (χ0n) is 20.4. The molecule has 0 amide bonds. The minimum atomic E-state index is -0.109. The number of rotatable bonds is 9. The number of nitrogens with one attached hydrogen (secondary N) is 1. The molecule has 0 atom stereocenters. The standard InChI is InChI=1S/C28H34N4O2/c1-5-33-21(2)27-30-15-14-24(31-27)20-34-26-12-8-23(9-13-26)28(3,4)22-6-10-25(11-7-22)32-18-16-29-17-19-32/h6-15,29H,2,5,16-20H2,1,3-4H3. The third kappa shape index (κ3) is 5.57. The summed E-state index contributed by atoms with van der Waals surface area (Å²) in [5.41, 5.74) is 4.50. The van der Waals surface area contributed by atoms with Crippen LogP contribution in [0.3, 0.4) is 0 Å². The molecule has 2 heterocycles. The first kappa shape index (κ1) is 23.8. The largest absolute Gasteiger partial charge is 0.491 e. The Bertz CT molecular complexity index is 1090. The lowest BCUT2D eigenvalue weighted by Crippen LogP contribution is -2.43. The Labute approximate surface area is 202 Å². The number of aromatic nitrogens is 2. The van der Waals surface area contributed by atoms with Crippen molar-refractivity contribution in [3.05, 3.63) is 90.0 Å². The molecule has 3 aromatic rings. The van der Waals surface area contributed by atoms with Crippen LogP contribution >= 0.6 is 0 Å². The molecule has 6 nitrogen and oxygen atoms in total. The third-order valence-corrected chi connectivity index (χ3v) is 6.32. The predicted octanol–water partition coefficient (Wildman–Crippen LogP) is 4.80. The summed E-state index contributed by atoms with van der Waals surface area (Å²) in [5, 5.41) is 3.41.